The lowest BCUT2D eigenvalue weighted by atomic mass is 9.86. The number of fused-ring (bicyclic) bond motifs is 3. The average molecular weight is 249 g/mol. The van der Waals surface area contributed by atoms with Gasteiger partial charge < -0.3 is 4.57 Å². The fraction of sp³-hybridized carbons (Fsp3) is 0.429. The molecule has 1 aromatic carbocycles. The molecule has 0 saturated heterocycles. The number of hydrogen-bond acceptors (Lipinski definition) is 1. The van der Waals surface area contributed by atoms with Gasteiger partial charge in [0.05, 0.1) is 6.67 Å². The Hall–Kier alpha value is -0.990. The summed E-state index contributed by atoms with van der Waals surface area (Å²) >= 11 is 0. The Kier molecular flexibility index (Phi) is 2.64. The molecule has 0 radical (unpaired) electrons. The maximum Gasteiger partial charge on any atom is 0.0729 e. The van der Waals surface area contributed by atoms with Gasteiger partial charge in [0, 0.05) is 29.1 Å². The van der Waals surface area contributed by atoms with Crippen LogP contribution in [0, 0.1) is 0 Å². The molecule has 1 aliphatic carbocycles. The molecule has 1 N–H and O–H groups in total. The predicted octanol–water partition coefficient (Wildman–Crippen LogP) is 3.04. The van der Waals surface area contributed by atoms with Gasteiger partial charge in [-0.25, -0.2) is 0 Å². The van der Waals surface area contributed by atoms with Crippen molar-refractivity contribution in [3.63, 3.8) is 0 Å². The third-order valence-corrected chi connectivity index (χ3v) is 4.15. The number of aromatic nitrogens is 1. The first-order valence-electron chi connectivity index (χ1n) is 6.26. The molecule has 0 fully saturated rings. The Morgan fingerprint density at radius 2 is 2.12 bits per heavy atom. The van der Waals surface area contributed by atoms with Crippen LogP contribution < -0.4 is 5.32 Å². The standard InChI is InChI=1S/C14H16N2.ClH/c1-2-7-13-11(5-1)12-6-3-4-10-8-15-9-16(13)14(10)12;/h1-2,5,7,10,15H,3-4,6,8-9H2;1H. The minimum atomic E-state index is 0. The van der Waals surface area contributed by atoms with Crippen molar-refractivity contribution < 1.29 is 0 Å². The molecule has 2 aromatic rings. The highest BCUT2D eigenvalue weighted by molar-refractivity contribution is 5.86. The molecule has 90 valence electrons. The average Bonchev–Trinajstić information content (AvgIpc) is 2.68. The summed E-state index contributed by atoms with van der Waals surface area (Å²) < 4.78 is 2.50. The number of aryl methyl sites for hydroxylation is 1. The van der Waals surface area contributed by atoms with Crippen LogP contribution in [0.2, 0.25) is 0 Å². The van der Waals surface area contributed by atoms with E-state index in [4.69, 9.17) is 0 Å². The smallest absolute Gasteiger partial charge is 0.0729 e. The van der Waals surface area contributed by atoms with Crippen molar-refractivity contribution in [3.05, 3.63) is 35.5 Å². The Morgan fingerprint density at radius 1 is 1.24 bits per heavy atom. The van der Waals surface area contributed by atoms with Gasteiger partial charge >= 0.3 is 0 Å². The molecule has 0 spiro atoms. The van der Waals surface area contributed by atoms with Gasteiger partial charge in [-0.3, -0.25) is 5.32 Å². The van der Waals surface area contributed by atoms with E-state index in [1.165, 1.54) is 36.7 Å². The van der Waals surface area contributed by atoms with Crippen LogP contribution in [0.3, 0.4) is 0 Å². The first kappa shape index (κ1) is 11.1. The summed E-state index contributed by atoms with van der Waals surface area (Å²) in [4.78, 5) is 0. The molecule has 0 saturated carbocycles. The van der Waals surface area contributed by atoms with Crippen molar-refractivity contribution in [2.75, 3.05) is 6.54 Å². The lowest BCUT2D eigenvalue weighted by Gasteiger charge is -2.30. The number of halogens is 1. The van der Waals surface area contributed by atoms with Gasteiger partial charge in [0.1, 0.15) is 0 Å². The molecular weight excluding hydrogens is 232 g/mol. The summed E-state index contributed by atoms with van der Waals surface area (Å²) in [5, 5.41) is 5.04. The molecule has 1 aromatic heterocycles. The third-order valence-electron chi connectivity index (χ3n) is 4.15. The summed E-state index contributed by atoms with van der Waals surface area (Å²) in [6.07, 6.45) is 3.99. The van der Waals surface area contributed by atoms with Crippen LogP contribution in [-0.4, -0.2) is 11.1 Å². The van der Waals surface area contributed by atoms with Crippen LogP contribution in [0.25, 0.3) is 10.9 Å². The highest BCUT2D eigenvalue weighted by atomic mass is 35.5. The first-order valence-corrected chi connectivity index (χ1v) is 6.26. The number of nitrogens with one attached hydrogen (secondary N) is 1. The fourth-order valence-electron chi connectivity index (χ4n) is 3.51. The van der Waals surface area contributed by atoms with E-state index < -0.39 is 0 Å². The highest BCUT2D eigenvalue weighted by Crippen LogP contribution is 2.39. The van der Waals surface area contributed by atoms with E-state index in [-0.39, 0.29) is 12.4 Å². The van der Waals surface area contributed by atoms with E-state index in [0.29, 0.717) is 0 Å². The molecule has 1 unspecified atom stereocenters. The first-order chi connectivity index (χ1) is 7.95. The monoisotopic (exact) mass is 248 g/mol. The summed E-state index contributed by atoms with van der Waals surface area (Å²) in [6.45, 7) is 2.16. The van der Waals surface area contributed by atoms with Crippen LogP contribution in [0.15, 0.2) is 24.3 Å². The summed E-state index contributed by atoms with van der Waals surface area (Å²) in [7, 11) is 0. The van der Waals surface area contributed by atoms with Gasteiger partial charge in [0.25, 0.3) is 0 Å². The number of benzene rings is 1. The minimum Gasteiger partial charge on any atom is -0.331 e. The lowest BCUT2D eigenvalue weighted by Crippen LogP contribution is -2.34. The molecule has 0 bridgehead atoms. The topological polar surface area (TPSA) is 17.0 Å². The van der Waals surface area contributed by atoms with Crippen molar-refractivity contribution in [2.24, 2.45) is 0 Å². The zero-order valence-corrected chi connectivity index (χ0v) is 10.6. The van der Waals surface area contributed by atoms with E-state index in [1.54, 1.807) is 11.3 Å². The van der Waals surface area contributed by atoms with Crippen molar-refractivity contribution in [2.45, 2.75) is 31.8 Å². The quantitative estimate of drug-likeness (QED) is 0.758. The largest absolute Gasteiger partial charge is 0.331 e. The zero-order chi connectivity index (χ0) is 10.5. The molecule has 2 heterocycles. The maximum atomic E-state index is 3.54. The summed E-state index contributed by atoms with van der Waals surface area (Å²) in [5.41, 5.74) is 4.69. The van der Waals surface area contributed by atoms with Crippen LogP contribution in [0.4, 0.5) is 0 Å². The number of nitrogens with zero attached hydrogens (tertiary/aromatic N) is 1. The molecule has 1 aliphatic heterocycles. The van der Waals surface area contributed by atoms with Crippen molar-refractivity contribution >= 4 is 23.3 Å². The number of hydrogen-bond donors (Lipinski definition) is 1. The minimum absolute atomic E-state index is 0. The lowest BCUT2D eigenvalue weighted by molar-refractivity contribution is 0.402. The van der Waals surface area contributed by atoms with Gasteiger partial charge in [-0.15, -0.1) is 12.4 Å². The Labute approximate surface area is 107 Å². The zero-order valence-electron chi connectivity index (χ0n) is 9.78. The van der Waals surface area contributed by atoms with E-state index >= 15 is 0 Å². The van der Waals surface area contributed by atoms with Gasteiger partial charge in [-0.2, -0.15) is 0 Å². The number of rotatable bonds is 0. The van der Waals surface area contributed by atoms with Gasteiger partial charge in [0.2, 0.25) is 0 Å². The van der Waals surface area contributed by atoms with Crippen molar-refractivity contribution in [1.82, 2.24) is 9.88 Å². The Morgan fingerprint density at radius 3 is 3.06 bits per heavy atom. The number of para-hydroxylation sites is 1. The fourth-order valence-corrected chi connectivity index (χ4v) is 3.51. The second-order valence-corrected chi connectivity index (χ2v) is 5.01. The molecule has 17 heavy (non-hydrogen) atoms. The van der Waals surface area contributed by atoms with E-state index in [2.05, 4.69) is 34.1 Å². The molecular formula is C14H17ClN2. The van der Waals surface area contributed by atoms with Crippen LogP contribution in [-0.2, 0) is 13.1 Å². The third kappa shape index (κ3) is 1.44. The summed E-state index contributed by atoms with van der Waals surface area (Å²) in [6, 6.07) is 8.87. The van der Waals surface area contributed by atoms with E-state index in [0.717, 1.165) is 12.6 Å². The second-order valence-electron chi connectivity index (χ2n) is 5.01. The molecule has 4 rings (SSSR count). The molecule has 2 nitrogen and oxygen atoms in total. The van der Waals surface area contributed by atoms with Crippen molar-refractivity contribution in [1.29, 1.82) is 0 Å². The van der Waals surface area contributed by atoms with E-state index in [1.807, 2.05) is 0 Å². The predicted molar refractivity (Wildman–Crippen MR) is 72.9 cm³/mol. The van der Waals surface area contributed by atoms with Crippen LogP contribution in [0.1, 0.15) is 30.0 Å². The van der Waals surface area contributed by atoms with Gasteiger partial charge in [-0.05, 0) is 30.9 Å². The van der Waals surface area contributed by atoms with E-state index in [9.17, 15) is 0 Å². The Bertz CT molecular complexity index is 512. The SMILES string of the molecule is Cl.c1ccc2c(c1)c1c3n2CNCC3CCC1. The van der Waals surface area contributed by atoms with Crippen LogP contribution in [0.5, 0.6) is 0 Å². The van der Waals surface area contributed by atoms with Crippen molar-refractivity contribution in [3.8, 4) is 0 Å². The maximum absolute atomic E-state index is 3.54. The molecule has 0 amide bonds. The Balaban J connectivity index is 0.000000902. The molecule has 1 atom stereocenters. The second kappa shape index (κ2) is 4.04. The van der Waals surface area contributed by atoms with Gasteiger partial charge in [-0.1, -0.05) is 18.2 Å². The molecule has 3 heteroatoms. The highest BCUT2D eigenvalue weighted by Gasteiger charge is 2.29. The normalized spacial score (nSPS) is 22.0. The van der Waals surface area contributed by atoms with Gasteiger partial charge in [0.15, 0.2) is 0 Å². The molecule has 2 aliphatic rings. The van der Waals surface area contributed by atoms with Crippen LogP contribution >= 0.6 is 12.4 Å². The summed E-state index contributed by atoms with van der Waals surface area (Å²) in [5.74, 6) is 0.755.